The van der Waals surface area contributed by atoms with Gasteiger partial charge < -0.3 is 24.7 Å². The zero-order valence-electron chi connectivity index (χ0n) is 32.3. The molecule has 2 aromatic heterocycles. The summed E-state index contributed by atoms with van der Waals surface area (Å²) in [7, 11) is -4.56. The highest BCUT2D eigenvalue weighted by atomic mass is 32.2. The van der Waals surface area contributed by atoms with Gasteiger partial charge in [0.1, 0.15) is 22.8 Å². The highest BCUT2D eigenvalue weighted by Gasteiger charge is 2.44. The third kappa shape index (κ3) is 7.97. The quantitative estimate of drug-likeness (QED) is 0.0802. The Hall–Kier alpha value is -6.25. The zero-order chi connectivity index (χ0) is 40.5. The Kier molecular flexibility index (Phi) is 10.5. The second kappa shape index (κ2) is 16.2. The largest absolute Gasteiger partial charge is 0.455 e. The summed E-state index contributed by atoms with van der Waals surface area (Å²) in [6.07, 6.45) is 8.68. The summed E-state index contributed by atoms with van der Waals surface area (Å²) in [5.41, 5.74) is 4.49. The summed E-state index contributed by atoms with van der Waals surface area (Å²) >= 11 is 0. The number of pyridine rings is 1. The molecule has 4 heterocycles. The van der Waals surface area contributed by atoms with Gasteiger partial charge in [0.25, 0.3) is 21.6 Å². The van der Waals surface area contributed by atoms with Crippen LogP contribution in [0.25, 0.3) is 22.2 Å². The fourth-order valence-corrected chi connectivity index (χ4v) is 9.98. The number of H-pyrrole nitrogens is 1. The van der Waals surface area contributed by atoms with Gasteiger partial charge in [-0.2, -0.15) is 0 Å². The van der Waals surface area contributed by atoms with E-state index in [1.54, 1.807) is 24.4 Å². The van der Waals surface area contributed by atoms with E-state index in [4.69, 9.17) is 9.47 Å². The van der Waals surface area contributed by atoms with Crippen LogP contribution in [0.1, 0.15) is 54.1 Å². The fraction of sp³-hybridized carbons (Fsp3) is 0.289. The Balaban J connectivity index is 0.989. The standard InChI is InChI=1S/C45H44N6O7S/c52-45(49-59(55,56)37-14-16-40(41(25-37)51(53)54)47-26-29-18-21-57-22-19-29)39-15-11-32(24-42(39)58-36-23-33-17-20-46-44(33)48-27-36)30-9-12-35(13-10-30)50-28-34-7-4-8-38(34)43(50)31-5-2-1-3-6-31/h1-3,5-6,9-17,20,23-25,27,29,34,38,43,47H,4,7-8,18-19,21-22,26,28H2,(H,46,48)(H,49,52). The Labute approximate surface area is 342 Å². The highest BCUT2D eigenvalue weighted by Crippen LogP contribution is 2.51. The van der Waals surface area contributed by atoms with E-state index < -0.39 is 31.4 Å². The molecule has 0 bridgehead atoms. The van der Waals surface area contributed by atoms with Gasteiger partial charge in [-0.25, -0.2) is 18.1 Å². The van der Waals surface area contributed by atoms with Gasteiger partial charge >= 0.3 is 0 Å². The second-order valence-corrected chi connectivity index (χ2v) is 17.3. The molecule has 1 aliphatic carbocycles. The first-order valence-electron chi connectivity index (χ1n) is 20.0. The minimum atomic E-state index is -4.56. The zero-order valence-corrected chi connectivity index (χ0v) is 33.1. The van der Waals surface area contributed by atoms with E-state index in [9.17, 15) is 23.3 Å². The van der Waals surface area contributed by atoms with E-state index in [0.29, 0.717) is 49.0 Å². The second-order valence-electron chi connectivity index (χ2n) is 15.6. The number of aromatic amines is 1. The first-order chi connectivity index (χ1) is 28.7. The molecule has 13 nitrogen and oxygen atoms in total. The number of sulfonamides is 1. The van der Waals surface area contributed by atoms with Crippen LogP contribution in [-0.2, 0) is 14.8 Å². The predicted octanol–water partition coefficient (Wildman–Crippen LogP) is 8.87. The summed E-state index contributed by atoms with van der Waals surface area (Å²) in [6, 6.07) is 31.6. The maximum Gasteiger partial charge on any atom is 0.293 e. The van der Waals surface area contributed by atoms with Crippen molar-refractivity contribution in [2.24, 2.45) is 17.8 Å². The molecule has 3 fully saturated rings. The van der Waals surface area contributed by atoms with Crippen LogP contribution in [-0.4, -0.2) is 55.5 Å². The first kappa shape index (κ1) is 38.3. The van der Waals surface area contributed by atoms with Gasteiger partial charge in [-0.3, -0.25) is 14.9 Å². The van der Waals surface area contributed by atoms with Gasteiger partial charge in [0, 0.05) is 49.6 Å². The Morgan fingerprint density at radius 3 is 2.53 bits per heavy atom. The van der Waals surface area contributed by atoms with Crippen molar-refractivity contribution < 1.29 is 27.6 Å². The third-order valence-corrected chi connectivity index (χ3v) is 13.3. The number of aromatic nitrogens is 2. The summed E-state index contributed by atoms with van der Waals surface area (Å²) in [5.74, 6) is 1.04. The van der Waals surface area contributed by atoms with Gasteiger partial charge in [0.2, 0.25) is 0 Å². The molecule has 3 N–H and O–H groups in total. The van der Waals surface area contributed by atoms with Crippen LogP contribution < -0.4 is 19.7 Å². The van der Waals surface area contributed by atoms with Crippen molar-refractivity contribution in [3.05, 3.63) is 137 Å². The van der Waals surface area contributed by atoms with Gasteiger partial charge in [-0.15, -0.1) is 0 Å². The molecule has 2 saturated heterocycles. The summed E-state index contributed by atoms with van der Waals surface area (Å²) in [6.45, 7) is 2.75. The molecule has 3 atom stereocenters. The summed E-state index contributed by atoms with van der Waals surface area (Å²) in [4.78, 5) is 34.9. The Morgan fingerprint density at radius 1 is 0.932 bits per heavy atom. The number of anilines is 2. The predicted molar refractivity (Wildman–Crippen MR) is 225 cm³/mol. The van der Waals surface area contributed by atoms with Crippen LogP contribution in [0.2, 0.25) is 0 Å². The number of hydrogen-bond donors (Lipinski definition) is 3. The number of nitro groups is 1. The fourth-order valence-electron chi connectivity index (χ4n) is 8.99. The lowest BCUT2D eigenvalue weighted by Crippen LogP contribution is -2.31. The van der Waals surface area contributed by atoms with Gasteiger partial charge in [0.05, 0.1) is 27.6 Å². The van der Waals surface area contributed by atoms with Gasteiger partial charge in [0.15, 0.2) is 0 Å². The molecule has 302 valence electrons. The van der Waals surface area contributed by atoms with Gasteiger partial charge in [-0.05, 0) is 109 Å². The highest BCUT2D eigenvalue weighted by molar-refractivity contribution is 7.90. The molecule has 1 amide bonds. The molecule has 3 unspecified atom stereocenters. The Morgan fingerprint density at radius 2 is 1.73 bits per heavy atom. The number of hydrogen-bond acceptors (Lipinski definition) is 10. The van der Waals surface area contributed by atoms with Crippen LogP contribution in [0.5, 0.6) is 11.5 Å². The van der Waals surface area contributed by atoms with Crippen LogP contribution in [0.3, 0.4) is 0 Å². The molecular formula is C45H44N6O7S. The SMILES string of the molecule is O=C(NS(=O)(=O)c1ccc(NCC2CCOCC2)c([N+](=O)[O-])c1)c1ccc(-c2ccc(N3CC4CCCC4C3c3ccccc3)cc2)cc1Oc1cnc2[nH]ccc2c1. The van der Waals surface area contributed by atoms with E-state index in [-0.39, 0.29) is 22.9 Å². The number of carbonyl (C=O) groups excluding carboxylic acids is 1. The lowest BCUT2D eigenvalue weighted by molar-refractivity contribution is -0.384. The number of benzene rings is 4. The normalized spacial score (nSPS) is 19.4. The first-order valence-corrected chi connectivity index (χ1v) is 21.5. The van der Waals surface area contributed by atoms with Crippen molar-refractivity contribution in [3.8, 4) is 22.6 Å². The van der Waals surface area contributed by atoms with E-state index in [2.05, 4.69) is 79.5 Å². The minimum Gasteiger partial charge on any atom is -0.455 e. The molecular weight excluding hydrogens is 769 g/mol. The average Bonchev–Trinajstić information content (AvgIpc) is 4.00. The summed E-state index contributed by atoms with van der Waals surface area (Å²) < 4.78 is 41.1. The Bertz CT molecular complexity index is 2610. The number of ether oxygens (including phenoxy) is 2. The minimum absolute atomic E-state index is 0.0540. The van der Waals surface area contributed by atoms with Gasteiger partial charge in [-0.1, -0.05) is 55.0 Å². The molecule has 59 heavy (non-hydrogen) atoms. The van der Waals surface area contributed by atoms with Crippen molar-refractivity contribution in [3.63, 3.8) is 0 Å². The molecule has 1 saturated carbocycles. The smallest absolute Gasteiger partial charge is 0.293 e. The molecule has 9 rings (SSSR count). The van der Waals surface area contributed by atoms with Crippen molar-refractivity contribution in [1.29, 1.82) is 0 Å². The van der Waals surface area contributed by atoms with Crippen molar-refractivity contribution in [2.45, 2.75) is 43.0 Å². The molecule has 6 aromatic rings. The van der Waals surface area contributed by atoms with Crippen molar-refractivity contribution in [1.82, 2.24) is 14.7 Å². The van der Waals surface area contributed by atoms with Crippen LogP contribution >= 0.6 is 0 Å². The maximum absolute atomic E-state index is 13.9. The van der Waals surface area contributed by atoms with E-state index in [1.807, 2.05) is 6.07 Å². The number of carbonyl (C=O) groups is 1. The molecule has 2 aliphatic heterocycles. The van der Waals surface area contributed by atoms with E-state index in [0.717, 1.165) is 47.7 Å². The molecule has 3 aliphatic rings. The molecule has 0 radical (unpaired) electrons. The van der Waals surface area contributed by atoms with Crippen molar-refractivity contribution in [2.75, 3.05) is 36.5 Å². The van der Waals surface area contributed by atoms with Crippen LogP contribution in [0.15, 0.2) is 120 Å². The topological polar surface area (TPSA) is 169 Å². The number of nitrogens with zero attached hydrogens (tertiary/aromatic N) is 3. The lowest BCUT2D eigenvalue weighted by atomic mass is 9.89. The monoisotopic (exact) mass is 812 g/mol. The number of nitrogens with one attached hydrogen (secondary N) is 3. The van der Waals surface area contributed by atoms with Crippen LogP contribution in [0.4, 0.5) is 17.1 Å². The summed E-state index contributed by atoms with van der Waals surface area (Å²) in [5, 5.41) is 15.9. The van der Waals surface area contributed by atoms with E-state index >= 15 is 0 Å². The maximum atomic E-state index is 13.9. The lowest BCUT2D eigenvalue weighted by Gasteiger charge is -2.30. The molecule has 4 aromatic carbocycles. The molecule has 14 heteroatoms. The van der Waals surface area contributed by atoms with E-state index in [1.165, 1.54) is 49.2 Å². The number of rotatable bonds is 12. The van der Waals surface area contributed by atoms with Crippen LogP contribution in [0, 0.1) is 27.9 Å². The number of nitro benzene ring substituents is 1. The molecule has 0 spiro atoms. The third-order valence-electron chi connectivity index (χ3n) is 12.0. The number of fused-ring (bicyclic) bond motifs is 2. The number of amides is 1. The average molecular weight is 813 g/mol. The van der Waals surface area contributed by atoms with Crippen molar-refractivity contribution >= 4 is 44.0 Å².